The molecule has 0 N–H and O–H groups in total. The Morgan fingerprint density at radius 2 is 1.81 bits per heavy atom. The molecule has 2 aromatic carbocycles. The Hall–Kier alpha value is -3.11. The Labute approximate surface area is 186 Å². The number of ether oxygens (including phenoxy) is 1. The second-order valence-electron chi connectivity index (χ2n) is 8.08. The molecule has 3 aromatic rings. The minimum atomic E-state index is -4.48. The van der Waals surface area contributed by atoms with E-state index in [4.69, 9.17) is 20.8 Å². The Bertz CT molecular complexity index is 1180. The van der Waals surface area contributed by atoms with Crippen LogP contribution in [0.1, 0.15) is 11.1 Å². The monoisotopic (exact) mass is 470 g/mol. The zero-order chi connectivity index (χ0) is 23.7. The lowest BCUT2D eigenvalue weighted by molar-refractivity contribution is -0.862. The normalized spacial score (nSPS) is 12.1. The number of esters is 1. The van der Waals surface area contributed by atoms with Gasteiger partial charge in [0, 0.05) is 16.1 Å². The van der Waals surface area contributed by atoms with Crippen molar-refractivity contribution in [3.8, 4) is 17.2 Å². The standard InChI is InChI=1S/C21H20ClF3N3O4/c1-28(2,3)12-18(29)31-17-9-8-16(22)10-14(17)11-27-20(30)32-19(26-27)13-4-6-15(7-5-13)21(23,24)25/h4-10H,11-12H2,1-3H3/q+1. The predicted molar refractivity (Wildman–Crippen MR) is 110 cm³/mol. The van der Waals surface area contributed by atoms with Gasteiger partial charge in [0.2, 0.25) is 5.89 Å². The van der Waals surface area contributed by atoms with Gasteiger partial charge in [0.15, 0.2) is 6.54 Å². The molecule has 0 atom stereocenters. The summed E-state index contributed by atoms with van der Waals surface area (Å²) in [7, 11) is 5.51. The first-order valence-corrected chi connectivity index (χ1v) is 9.75. The van der Waals surface area contributed by atoms with E-state index in [1.54, 1.807) is 6.07 Å². The summed E-state index contributed by atoms with van der Waals surface area (Å²) in [6, 6.07) is 8.64. The minimum absolute atomic E-state index is 0.115. The topological polar surface area (TPSA) is 74.3 Å². The molecule has 0 aliphatic rings. The van der Waals surface area contributed by atoms with Gasteiger partial charge < -0.3 is 13.6 Å². The number of rotatable bonds is 6. The summed E-state index contributed by atoms with van der Waals surface area (Å²) in [6.45, 7) is -0.0133. The van der Waals surface area contributed by atoms with Crippen molar-refractivity contribution in [3.05, 3.63) is 69.2 Å². The molecule has 7 nitrogen and oxygen atoms in total. The molecule has 0 amide bonds. The van der Waals surface area contributed by atoms with Crippen LogP contribution in [0.5, 0.6) is 5.75 Å². The van der Waals surface area contributed by atoms with Gasteiger partial charge in [-0.1, -0.05) is 11.6 Å². The molecule has 0 spiro atoms. The molecule has 170 valence electrons. The van der Waals surface area contributed by atoms with E-state index in [2.05, 4.69) is 5.10 Å². The number of aromatic nitrogens is 2. The number of carbonyl (C=O) groups is 1. The van der Waals surface area contributed by atoms with Gasteiger partial charge in [-0.15, -0.1) is 5.10 Å². The first-order chi connectivity index (χ1) is 14.8. The number of alkyl halides is 3. The molecule has 0 saturated heterocycles. The molecular weight excluding hydrogens is 451 g/mol. The van der Waals surface area contributed by atoms with Crippen molar-refractivity contribution >= 4 is 17.6 Å². The fourth-order valence-corrected chi connectivity index (χ4v) is 2.99. The molecule has 1 aromatic heterocycles. The van der Waals surface area contributed by atoms with Gasteiger partial charge >= 0.3 is 17.9 Å². The summed E-state index contributed by atoms with van der Waals surface area (Å²) < 4.78 is 50.1. The van der Waals surface area contributed by atoms with Crippen LogP contribution >= 0.6 is 11.6 Å². The van der Waals surface area contributed by atoms with Crippen LogP contribution in [-0.2, 0) is 17.5 Å². The fraction of sp³-hybridized carbons (Fsp3) is 0.286. The maximum atomic E-state index is 12.7. The summed E-state index contributed by atoms with van der Waals surface area (Å²) in [5.74, 6) is -1.24. The van der Waals surface area contributed by atoms with Crippen LogP contribution in [0, 0.1) is 0 Å². The number of quaternary nitrogens is 1. The molecule has 0 aliphatic heterocycles. The SMILES string of the molecule is C[N+](C)(C)CC(=O)Oc1ccc(Cl)cc1Cn1nc(-c2ccc(C(F)(F)F)cc2)oc1=O. The van der Waals surface area contributed by atoms with Crippen LogP contribution in [0.2, 0.25) is 5.02 Å². The van der Waals surface area contributed by atoms with Gasteiger partial charge in [-0.05, 0) is 42.5 Å². The molecular formula is C21H20ClF3N3O4+. The van der Waals surface area contributed by atoms with E-state index in [1.165, 1.54) is 12.1 Å². The van der Waals surface area contributed by atoms with Gasteiger partial charge in [0.25, 0.3) is 0 Å². The van der Waals surface area contributed by atoms with Crippen molar-refractivity contribution in [2.24, 2.45) is 0 Å². The maximum absolute atomic E-state index is 12.7. The lowest BCUT2D eigenvalue weighted by Crippen LogP contribution is -2.41. The summed E-state index contributed by atoms with van der Waals surface area (Å²) in [4.78, 5) is 24.5. The van der Waals surface area contributed by atoms with Crippen molar-refractivity contribution in [2.75, 3.05) is 27.7 Å². The predicted octanol–water partition coefficient (Wildman–Crippen LogP) is 3.84. The van der Waals surface area contributed by atoms with E-state index in [0.717, 1.165) is 28.9 Å². The molecule has 32 heavy (non-hydrogen) atoms. The molecule has 0 aliphatic carbocycles. The second-order valence-corrected chi connectivity index (χ2v) is 8.52. The number of hydrogen-bond acceptors (Lipinski definition) is 5. The van der Waals surface area contributed by atoms with E-state index in [0.29, 0.717) is 15.1 Å². The largest absolute Gasteiger partial charge is 0.437 e. The number of hydrogen-bond donors (Lipinski definition) is 0. The Morgan fingerprint density at radius 1 is 1.16 bits per heavy atom. The highest BCUT2D eigenvalue weighted by atomic mass is 35.5. The Balaban J connectivity index is 1.85. The van der Waals surface area contributed by atoms with E-state index < -0.39 is 23.5 Å². The highest BCUT2D eigenvalue weighted by molar-refractivity contribution is 6.30. The van der Waals surface area contributed by atoms with Crippen LogP contribution in [-0.4, -0.2) is 47.9 Å². The van der Waals surface area contributed by atoms with Crippen molar-refractivity contribution in [1.82, 2.24) is 9.78 Å². The van der Waals surface area contributed by atoms with Gasteiger partial charge in [-0.3, -0.25) is 0 Å². The quantitative estimate of drug-likeness (QED) is 0.311. The minimum Gasteiger partial charge on any atom is -0.422 e. The number of nitrogens with zero attached hydrogens (tertiary/aromatic N) is 3. The average molecular weight is 471 g/mol. The average Bonchev–Trinajstić information content (AvgIpc) is 3.02. The molecule has 0 fully saturated rings. The van der Waals surface area contributed by atoms with Gasteiger partial charge in [0.1, 0.15) is 5.75 Å². The molecule has 1 heterocycles. The molecule has 11 heteroatoms. The lowest BCUT2D eigenvalue weighted by atomic mass is 10.1. The lowest BCUT2D eigenvalue weighted by Gasteiger charge is -2.22. The Kier molecular flexibility index (Phi) is 6.47. The van der Waals surface area contributed by atoms with Gasteiger partial charge in [0.05, 0.1) is 33.3 Å². The maximum Gasteiger partial charge on any atom is 0.437 e. The fourth-order valence-electron chi connectivity index (χ4n) is 2.80. The van der Waals surface area contributed by atoms with E-state index >= 15 is 0 Å². The van der Waals surface area contributed by atoms with Crippen LogP contribution in [0.25, 0.3) is 11.5 Å². The molecule has 0 saturated carbocycles. The summed E-state index contributed by atoms with van der Waals surface area (Å²) >= 11 is 6.05. The summed E-state index contributed by atoms with van der Waals surface area (Å²) in [5.41, 5.74) is -0.224. The van der Waals surface area contributed by atoms with E-state index in [1.807, 2.05) is 21.1 Å². The van der Waals surface area contributed by atoms with Gasteiger partial charge in [-0.25, -0.2) is 9.59 Å². The zero-order valence-corrected chi connectivity index (χ0v) is 18.2. The van der Waals surface area contributed by atoms with Crippen molar-refractivity contribution in [2.45, 2.75) is 12.7 Å². The number of benzene rings is 2. The summed E-state index contributed by atoms with van der Waals surface area (Å²) in [6.07, 6.45) is -4.48. The molecule has 0 radical (unpaired) electrons. The van der Waals surface area contributed by atoms with E-state index in [9.17, 15) is 22.8 Å². The van der Waals surface area contributed by atoms with E-state index in [-0.39, 0.29) is 30.3 Å². The Morgan fingerprint density at radius 3 is 2.41 bits per heavy atom. The third-order valence-corrected chi connectivity index (χ3v) is 4.47. The second kappa shape index (κ2) is 8.79. The first-order valence-electron chi connectivity index (χ1n) is 9.37. The summed E-state index contributed by atoms with van der Waals surface area (Å²) in [5, 5.41) is 4.40. The van der Waals surface area contributed by atoms with Crippen molar-refractivity contribution in [1.29, 1.82) is 0 Å². The van der Waals surface area contributed by atoms with Crippen LogP contribution in [0.3, 0.4) is 0 Å². The highest BCUT2D eigenvalue weighted by Gasteiger charge is 2.30. The van der Waals surface area contributed by atoms with Crippen LogP contribution in [0.15, 0.2) is 51.7 Å². The van der Waals surface area contributed by atoms with Crippen LogP contribution < -0.4 is 10.5 Å². The molecule has 0 unspecified atom stereocenters. The highest BCUT2D eigenvalue weighted by Crippen LogP contribution is 2.30. The molecule has 3 rings (SSSR count). The smallest absolute Gasteiger partial charge is 0.422 e. The third-order valence-electron chi connectivity index (χ3n) is 4.24. The van der Waals surface area contributed by atoms with Crippen LogP contribution in [0.4, 0.5) is 13.2 Å². The zero-order valence-electron chi connectivity index (χ0n) is 17.4. The van der Waals surface area contributed by atoms with Crippen molar-refractivity contribution in [3.63, 3.8) is 0 Å². The third kappa shape index (κ3) is 5.98. The number of carbonyl (C=O) groups excluding carboxylic acids is 1. The van der Waals surface area contributed by atoms with Gasteiger partial charge in [-0.2, -0.15) is 17.9 Å². The first kappa shape index (κ1) is 23.6. The van der Waals surface area contributed by atoms with Crippen molar-refractivity contribution < 1.29 is 31.6 Å². The number of likely N-dealkylation sites (N-methyl/N-ethyl adjacent to an activating group) is 1. The molecule has 0 bridgehead atoms. The number of halogens is 4.